The van der Waals surface area contributed by atoms with Gasteiger partial charge in [-0.2, -0.15) is 0 Å². The number of carboxylic acid groups (broad SMARTS) is 1. The van der Waals surface area contributed by atoms with Gasteiger partial charge in [0.25, 0.3) is 0 Å². The van der Waals surface area contributed by atoms with E-state index in [-0.39, 0.29) is 6.42 Å². The third kappa shape index (κ3) is 3.32. The van der Waals surface area contributed by atoms with Gasteiger partial charge in [-0.1, -0.05) is 0 Å². The Morgan fingerprint density at radius 3 is 2.62 bits per heavy atom. The van der Waals surface area contributed by atoms with E-state index in [0.29, 0.717) is 6.04 Å². The van der Waals surface area contributed by atoms with Gasteiger partial charge in [-0.25, -0.2) is 0 Å². The Bertz CT molecular complexity index is 254. The van der Waals surface area contributed by atoms with E-state index in [1.165, 1.54) is 0 Å². The van der Waals surface area contributed by atoms with Crippen LogP contribution in [0.1, 0.15) is 32.2 Å². The van der Waals surface area contributed by atoms with Crippen molar-refractivity contribution in [1.29, 1.82) is 0 Å². The quantitative estimate of drug-likeness (QED) is 0.757. The first kappa shape index (κ1) is 9.84. The van der Waals surface area contributed by atoms with Crippen LogP contribution in [-0.4, -0.2) is 15.6 Å². The van der Waals surface area contributed by atoms with Crippen LogP contribution in [0.3, 0.4) is 0 Å². The van der Waals surface area contributed by atoms with Crippen LogP contribution in [0.15, 0.2) is 24.5 Å². The molecule has 0 amide bonds. The third-order valence-electron chi connectivity index (χ3n) is 2.15. The van der Waals surface area contributed by atoms with Gasteiger partial charge < -0.3 is 9.67 Å². The smallest absolute Gasteiger partial charge is 0.303 e. The van der Waals surface area contributed by atoms with E-state index in [0.717, 1.165) is 12.8 Å². The van der Waals surface area contributed by atoms with Gasteiger partial charge in [0.05, 0.1) is 0 Å². The molecule has 0 aromatic carbocycles. The van der Waals surface area contributed by atoms with Crippen LogP contribution in [0.5, 0.6) is 0 Å². The highest BCUT2D eigenvalue weighted by atomic mass is 16.4. The predicted molar refractivity (Wildman–Crippen MR) is 50.6 cm³/mol. The standard InChI is InChI=1S/C10H15NO2/c1-9(5-4-6-10(12)13)11-7-2-3-8-11/h2-3,7-9H,4-6H2,1H3,(H,12,13). The highest BCUT2D eigenvalue weighted by Crippen LogP contribution is 2.13. The molecule has 1 N–H and O–H groups in total. The molecule has 3 nitrogen and oxygen atoms in total. The molecule has 1 aromatic heterocycles. The molecule has 0 fully saturated rings. The maximum Gasteiger partial charge on any atom is 0.303 e. The van der Waals surface area contributed by atoms with Gasteiger partial charge in [0, 0.05) is 24.9 Å². The van der Waals surface area contributed by atoms with Gasteiger partial charge in [-0.3, -0.25) is 4.79 Å². The van der Waals surface area contributed by atoms with Crippen LogP contribution >= 0.6 is 0 Å². The van der Waals surface area contributed by atoms with Crippen molar-refractivity contribution in [2.24, 2.45) is 0 Å². The van der Waals surface area contributed by atoms with Crippen molar-refractivity contribution in [2.45, 2.75) is 32.2 Å². The lowest BCUT2D eigenvalue weighted by Gasteiger charge is -2.12. The SMILES string of the molecule is CC(CCCC(=O)O)n1cccc1. The lowest BCUT2D eigenvalue weighted by Crippen LogP contribution is -2.03. The fourth-order valence-corrected chi connectivity index (χ4v) is 1.34. The predicted octanol–water partition coefficient (Wildman–Crippen LogP) is 2.30. The molecule has 0 radical (unpaired) electrons. The second-order valence-corrected chi connectivity index (χ2v) is 3.27. The normalized spacial score (nSPS) is 12.7. The zero-order chi connectivity index (χ0) is 9.68. The minimum absolute atomic E-state index is 0.269. The van der Waals surface area contributed by atoms with Crippen molar-refractivity contribution in [3.63, 3.8) is 0 Å². The highest BCUT2D eigenvalue weighted by Gasteiger charge is 2.04. The molecule has 0 spiro atoms. The van der Waals surface area contributed by atoms with Crippen LogP contribution < -0.4 is 0 Å². The summed E-state index contributed by atoms with van der Waals surface area (Å²) in [7, 11) is 0. The molecule has 72 valence electrons. The zero-order valence-corrected chi connectivity index (χ0v) is 7.81. The van der Waals surface area contributed by atoms with Crippen molar-refractivity contribution < 1.29 is 9.90 Å². The summed E-state index contributed by atoms with van der Waals surface area (Å²) in [6.45, 7) is 2.10. The van der Waals surface area contributed by atoms with Gasteiger partial charge in [0.15, 0.2) is 0 Å². The highest BCUT2D eigenvalue weighted by molar-refractivity contribution is 5.66. The molecule has 3 heteroatoms. The molecule has 0 aliphatic rings. The molecule has 0 aliphatic heterocycles. The fraction of sp³-hybridized carbons (Fsp3) is 0.500. The Hall–Kier alpha value is -1.25. The summed E-state index contributed by atoms with van der Waals surface area (Å²) in [6, 6.07) is 4.36. The lowest BCUT2D eigenvalue weighted by atomic mass is 10.1. The van der Waals surface area contributed by atoms with E-state index in [2.05, 4.69) is 11.5 Å². The van der Waals surface area contributed by atoms with Crippen LogP contribution in [-0.2, 0) is 4.79 Å². The van der Waals surface area contributed by atoms with E-state index in [9.17, 15) is 4.79 Å². The number of hydrogen-bond acceptors (Lipinski definition) is 1. The number of rotatable bonds is 5. The van der Waals surface area contributed by atoms with E-state index >= 15 is 0 Å². The van der Waals surface area contributed by atoms with Crippen molar-refractivity contribution in [3.8, 4) is 0 Å². The summed E-state index contributed by atoms with van der Waals surface area (Å²) >= 11 is 0. The van der Waals surface area contributed by atoms with E-state index in [1.54, 1.807) is 0 Å². The van der Waals surface area contributed by atoms with E-state index in [1.807, 2.05) is 24.5 Å². The molecule has 0 aliphatic carbocycles. The number of aromatic nitrogens is 1. The molecular weight excluding hydrogens is 166 g/mol. The van der Waals surface area contributed by atoms with Gasteiger partial charge in [-0.15, -0.1) is 0 Å². The van der Waals surface area contributed by atoms with Crippen LogP contribution in [0.25, 0.3) is 0 Å². The monoisotopic (exact) mass is 181 g/mol. The Balaban J connectivity index is 2.26. The minimum Gasteiger partial charge on any atom is -0.481 e. The van der Waals surface area contributed by atoms with Crippen molar-refractivity contribution in [3.05, 3.63) is 24.5 Å². The number of nitrogens with zero attached hydrogens (tertiary/aromatic N) is 1. The number of carbonyl (C=O) groups is 1. The lowest BCUT2D eigenvalue weighted by molar-refractivity contribution is -0.137. The maximum atomic E-state index is 10.3. The first-order valence-corrected chi connectivity index (χ1v) is 4.54. The Morgan fingerprint density at radius 1 is 1.46 bits per heavy atom. The summed E-state index contributed by atoms with van der Waals surface area (Å²) in [5.41, 5.74) is 0. The van der Waals surface area contributed by atoms with E-state index in [4.69, 9.17) is 5.11 Å². The molecular formula is C10H15NO2. The average molecular weight is 181 g/mol. The molecule has 1 atom stereocenters. The Labute approximate surface area is 78.0 Å². The summed E-state index contributed by atoms with van der Waals surface area (Å²) < 4.78 is 2.10. The van der Waals surface area contributed by atoms with Crippen molar-refractivity contribution >= 4 is 5.97 Å². The van der Waals surface area contributed by atoms with E-state index < -0.39 is 5.97 Å². The molecule has 1 aromatic rings. The second-order valence-electron chi connectivity index (χ2n) is 3.27. The third-order valence-corrected chi connectivity index (χ3v) is 2.15. The molecule has 1 heterocycles. The molecule has 13 heavy (non-hydrogen) atoms. The minimum atomic E-state index is -0.709. The number of hydrogen-bond donors (Lipinski definition) is 1. The largest absolute Gasteiger partial charge is 0.481 e. The van der Waals surface area contributed by atoms with Gasteiger partial charge in [-0.05, 0) is 31.9 Å². The van der Waals surface area contributed by atoms with Crippen molar-refractivity contribution in [2.75, 3.05) is 0 Å². The Morgan fingerprint density at radius 2 is 2.08 bits per heavy atom. The first-order valence-electron chi connectivity index (χ1n) is 4.54. The summed E-state index contributed by atoms with van der Waals surface area (Å²) in [6.07, 6.45) is 5.94. The fourth-order valence-electron chi connectivity index (χ4n) is 1.34. The summed E-state index contributed by atoms with van der Waals surface area (Å²) in [4.78, 5) is 10.3. The topological polar surface area (TPSA) is 42.2 Å². The molecule has 0 saturated heterocycles. The first-order chi connectivity index (χ1) is 6.20. The van der Waals surface area contributed by atoms with Gasteiger partial charge in [0.2, 0.25) is 0 Å². The van der Waals surface area contributed by atoms with Crippen LogP contribution in [0.2, 0.25) is 0 Å². The summed E-state index contributed by atoms with van der Waals surface area (Å²) in [5, 5.41) is 8.45. The molecule has 1 unspecified atom stereocenters. The number of carboxylic acids is 1. The van der Waals surface area contributed by atoms with Gasteiger partial charge in [0.1, 0.15) is 0 Å². The Kier molecular flexibility index (Phi) is 3.55. The van der Waals surface area contributed by atoms with Crippen LogP contribution in [0, 0.1) is 0 Å². The molecule has 1 rings (SSSR count). The van der Waals surface area contributed by atoms with Gasteiger partial charge >= 0.3 is 5.97 Å². The average Bonchev–Trinajstić information content (AvgIpc) is 2.55. The maximum absolute atomic E-state index is 10.3. The van der Waals surface area contributed by atoms with Crippen LogP contribution in [0.4, 0.5) is 0 Å². The molecule has 0 saturated carbocycles. The number of aliphatic carboxylic acids is 1. The second kappa shape index (κ2) is 4.70. The van der Waals surface area contributed by atoms with Crippen molar-refractivity contribution in [1.82, 2.24) is 4.57 Å². The molecule has 0 bridgehead atoms. The zero-order valence-electron chi connectivity index (χ0n) is 7.81. The summed E-state index contributed by atoms with van der Waals surface area (Å²) in [5.74, 6) is -0.709.